The fourth-order valence-electron chi connectivity index (χ4n) is 0.739. The van der Waals surface area contributed by atoms with Gasteiger partial charge in [-0.05, 0) is 6.42 Å². The molecule has 0 bridgehead atoms. The van der Waals surface area contributed by atoms with Crippen molar-refractivity contribution in [1.29, 1.82) is 0 Å². The summed E-state index contributed by atoms with van der Waals surface area (Å²) < 4.78 is 0. The van der Waals surface area contributed by atoms with Crippen LogP contribution in [0.15, 0.2) is 36.5 Å². The van der Waals surface area contributed by atoms with Crippen LogP contribution in [0.1, 0.15) is 6.42 Å². The summed E-state index contributed by atoms with van der Waals surface area (Å²) in [5.41, 5.74) is 1.35. The SMILES string of the molecule is C=C[CH-]C1=CC=CC1.[Pd]. The van der Waals surface area contributed by atoms with Crippen molar-refractivity contribution in [1.82, 2.24) is 0 Å². The standard InChI is InChI=1S/C8H9.Pd/c1-2-5-8-6-3-4-7-8;/h2-6H,1,7H2;/q-1;. The van der Waals surface area contributed by atoms with Crippen molar-refractivity contribution < 1.29 is 20.4 Å². The molecular formula is C8H9Pd-. The van der Waals surface area contributed by atoms with Gasteiger partial charge in [-0.15, -0.1) is 6.08 Å². The van der Waals surface area contributed by atoms with E-state index in [1.165, 1.54) is 5.57 Å². The summed E-state index contributed by atoms with van der Waals surface area (Å²) in [4.78, 5) is 0. The summed E-state index contributed by atoms with van der Waals surface area (Å²) in [5.74, 6) is 0. The van der Waals surface area contributed by atoms with Crippen LogP contribution in [0.3, 0.4) is 0 Å². The molecule has 0 spiro atoms. The first kappa shape index (κ1) is 8.75. The van der Waals surface area contributed by atoms with E-state index in [1.54, 1.807) is 0 Å². The molecule has 0 aromatic rings. The third-order valence-electron chi connectivity index (χ3n) is 1.13. The van der Waals surface area contributed by atoms with E-state index in [0.717, 1.165) is 6.42 Å². The van der Waals surface area contributed by atoms with Gasteiger partial charge in [0, 0.05) is 20.4 Å². The maximum atomic E-state index is 3.60. The minimum absolute atomic E-state index is 0. The quantitative estimate of drug-likeness (QED) is 0.486. The molecule has 0 radical (unpaired) electrons. The summed E-state index contributed by atoms with van der Waals surface area (Å²) >= 11 is 0. The van der Waals surface area contributed by atoms with Crippen LogP contribution in [0.2, 0.25) is 0 Å². The zero-order valence-corrected chi connectivity index (χ0v) is 6.67. The van der Waals surface area contributed by atoms with E-state index in [-0.39, 0.29) is 20.4 Å². The molecule has 0 saturated heterocycles. The first-order valence-electron chi connectivity index (χ1n) is 2.75. The average Bonchev–Trinajstić information content (AvgIpc) is 2.19. The molecule has 0 aromatic carbocycles. The Hall–Kier alpha value is -0.248. The van der Waals surface area contributed by atoms with Gasteiger partial charge in [0.25, 0.3) is 0 Å². The minimum atomic E-state index is 0. The Morgan fingerprint density at radius 1 is 1.67 bits per heavy atom. The Bertz CT molecular complexity index is 143. The van der Waals surface area contributed by atoms with Crippen LogP contribution in [-0.2, 0) is 20.4 Å². The fraction of sp³-hybridized carbons (Fsp3) is 0.125. The molecule has 0 amide bonds. The minimum Gasteiger partial charge on any atom is -0.194 e. The van der Waals surface area contributed by atoms with Crippen LogP contribution in [0, 0.1) is 6.42 Å². The van der Waals surface area contributed by atoms with Crippen LogP contribution in [-0.4, -0.2) is 0 Å². The van der Waals surface area contributed by atoms with E-state index in [1.807, 2.05) is 12.5 Å². The third kappa shape index (κ3) is 2.70. The van der Waals surface area contributed by atoms with E-state index in [0.29, 0.717) is 0 Å². The zero-order chi connectivity index (χ0) is 5.82. The maximum absolute atomic E-state index is 3.60. The molecule has 0 N–H and O–H groups in total. The molecule has 1 rings (SSSR count). The molecule has 0 saturated carbocycles. The van der Waals surface area contributed by atoms with Crippen molar-refractivity contribution >= 4 is 0 Å². The first-order valence-corrected chi connectivity index (χ1v) is 2.75. The van der Waals surface area contributed by atoms with E-state index in [9.17, 15) is 0 Å². The van der Waals surface area contributed by atoms with E-state index >= 15 is 0 Å². The fourth-order valence-corrected chi connectivity index (χ4v) is 0.739. The summed E-state index contributed by atoms with van der Waals surface area (Å²) in [7, 11) is 0. The summed E-state index contributed by atoms with van der Waals surface area (Å²) in [6, 6.07) is 0. The van der Waals surface area contributed by atoms with Crippen molar-refractivity contribution in [2.45, 2.75) is 6.42 Å². The van der Waals surface area contributed by atoms with Gasteiger partial charge in [-0.1, -0.05) is 6.08 Å². The van der Waals surface area contributed by atoms with Crippen molar-refractivity contribution in [2.24, 2.45) is 0 Å². The van der Waals surface area contributed by atoms with Gasteiger partial charge in [0.2, 0.25) is 0 Å². The van der Waals surface area contributed by atoms with E-state index in [2.05, 4.69) is 24.8 Å². The largest absolute Gasteiger partial charge is 0.194 e. The van der Waals surface area contributed by atoms with Gasteiger partial charge < -0.3 is 0 Å². The van der Waals surface area contributed by atoms with Crippen molar-refractivity contribution in [3.05, 3.63) is 42.9 Å². The van der Waals surface area contributed by atoms with Crippen LogP contribution >= 0.6 is 0 Å². The summed E-state index contributed by atoms with van der Waals surface area (Å²) in [6.07, 6.45) is 11.2. The van der Waals surface area contributed by atoms with Crippen LogP contribution < -0.4 is 0 Å². The van der Waals surface area contributed by atoms with Gasteiger partial charge in [0.05, 0.1) is 0 Å². The predicted octanol–water partition coefficient (Wildman–Crippen LogP) is 2.26. The van der Waals surface area contributed by atoms with Gasteiger partial charge in [-0.3, -0.25) is 0 Å². The Morgan fingerprint density at radius 2 is 2.44 bits per heavy atom. The second-order valence-electron chi connectivity index (χ2n) is 1.78. The molecule has 9 heavy (non-hydrogen) atoms. The van der Waals surface area contributed by atoms with E-state index < -0.39 is 0 Å². The molecule has 1 heteroatoms. The Kier molecular flexibility index (Phi) is 4.49. The smallest absolute Gasteiger partial charge is 0 e. The van der Waals surface area contributed by atoms with Gasteiger partial charge in [-0.2, -0.15) is 30.7 Å². The van der Waals surface area contributed by atoms with Crippen molar-refractivity contribution in [2.75, 3.05) is 0 Å². The molecule has 0 fully saturated rings. The summed E-state index contributed by atoms with van der Waals surface area (Å²) in [6.45, 7) is 3.60. The number of allylic oxidation sites excluding steroid dienone is 5. The number of hydrogen-bond donors (Lipinski definition) is 0. The first-order chi connectivity index (χ1) is 3.93. The Balaban J connectivity index is 0.000000640. The van der Waals surface area contributed by atoms with E-state index in [4.69, 9.17) is 0 Å². The normalized spacial score (nSPS) is 14.0. The maximum Gasteiger partial charge on any atom is 0 e. The molecule has 52 valence electrons. The zero-order valence-electron chi connectivity index (χ0n) is 5.12. The Labute approximate surface area is 70.0 Å². The second kappa shape index (κ2) is 4.61. The monoisotopic (exact) mass is 211 g/mol. The van der Waals surface area contributed by atoms with Gasteiger partial charge in [-0.25, -0.2) is 0 Å². The van der Waals surface area contributed by atoms with Gasteiger partial charge >= 0.3 is 0 Å². The average molecular weight is 212 g/mol. The van der Waals surface area contributed by atoms with Crippen LogP contribution in [0.25, 0.3) is 0 Å². The molecule has 0 atom stereocenters. The molecule has 0 nitrogen and oxygen atoms in total. The molecular weight excluding hydrogens is 203 g/mol. The summed E-state index contributed by atoms with van der Waals surface area (Å²) in [5, 5.41) is 0. The molecule has 0 aliphatic heterocycles. The predicted molar refractivity (Wildman–Crippen MR) is 36.3 cm³/mol. The Morgan fingerprint density at radius 3 is 2.89 bits per heavy atom. The molecule has 0 heterocycles. The van der Waals surface area contributed by atoms with Crippen molar-refractivity contribution in [3.8, 4) is 0 Å². The molecule has 1 aliphatic carbocycles. The number of hydrogen-bond acceptors (Lipinski definition) is 0. The van der Waals surface area contributed by atoms with Gasteiger partial charge in [0.1, 0.15) is 0 Å². The second-order valence-corrected chi connectivity index (χ2v) is 1.78. The van der Waals surface area contributed by atoms with Gasteiger partial charge in [0.15, 0.2) is 0 Å². The topological polar surface area (TPSA) is 0 Å². The van der Waals surface area contributed by atoms with Crippen LogP contribution in [0.4, 0.5) is 0 Å². The third-order valence-corrected chi connectivity index (χ3v) is 1.13. The molecule has 1 aliphatic rings. The van der Waals surface area contributed by atoms with Crippen molar-refractivity contribution in [3.63, 3.8) is 0 Å². The molecule has 0 unspecified atom stereocenters. The van der Waals surface area contributed by atoms with Crippen LogP contribution in [0.5, 0.6) is 0 Å². The number of rotatable bonds is 2. The molecule has 0 aromatic heterocycles.